The van der Waals surface area contributed by atoms with Gasteiger partial charge in [-0.05, 0) is 17.6 Å². The molecule has 0 heterocycles. The molecule has 0 radical (unpaired) electrons. The Bertz CT molecular complexity index is 297. The maximum Gasteiger partial charge on any atom is 0.488 e. The van der Waals surface area contributed by atoms with Crippen LogP contribution in [0.2, 0.25) is 0 Å². The van der Waals surface area contributed by atoms with Crippen LogP contribution >= 0.6 is 0 Å². The van der Waals surface area contributed by atoms with Gasteiger partial charge in [-0.1, -0.05) is 6.07 Å². The van der Waals surface area contributed by atoms with Crippen LogP contribution in [0.3, 0.4) is 0 Å². The van der Waals surface area contributed by atoms with Gasteiger partial charge in [0.15, 0.2) is 6.29 Å². The van der Waals surface area contributed by atoms with Gasteiger partial charge in [-0.25, -0.2) is 0 Å². The highest BCUT2D eigenvalue weighted by molar-refractivity contribution is 6.58. The Morgan fingerprint density at radius 3 is 2.50 bits per heavy atom. The lowest BCUT2D eigenvalue weighted by Crippen LogP contribution is -2.29. The minimum atomic E-state index is -1.62. The second-order valence-corrected chi connectivity index (χ2v) is 2.31. The van der Waals surface area contributed by atoms with Crippen molar-refractivity contribution in [1.82, 2.24) is 0 Å². The van der Waals surface area contributed by atoms with E-state index in [-0.39, 0.29) is 16.8 Å². The van der Waals surface area contributed by atoms with Gasteiger partial charge in [-0.15, -0.1) is 0 Å². The molecule has 0 saturated carbocycles. The van der Waals surface area contributed by atoms with Crippen molar-refractivity contribution in [2.45, 2.75) is 0 Å². The highest BCUT2D eigenvalue weighted by atomic mass is 16.4. The third-order valence-electron chi connectivity index (χ3n) is 1.48. The maximum atomic E-state index is 10.3. The van der Waals surface area contributed by atoms with Gasteiger partial charge in [-0.2, -0.15) is 0 Å². The summed E-state index contributed by atoms with van der Waals surface area (Å²) in [5, 5.41) is 26.4. The molecule has 1 aromatic rings. The molecule has 0 saturated heterocycles. The first kappa shape index (κ1) is 8.77. The largest absolute Gasteiger partial charge is 0.507 e. The van der Waals surface area contributed by atoms with Crippen LogP contribution < -0.4 is 5.46 Å². The summed E-state index contributed by atoms with van der Waals surface area (Å²) in [6.07, 6.45) is 0.446. The Hall–Kier alpha value is -1.33. The monoisotopic (exact) mass is 166 g/mol. The van der Waals surface area contributed by atoms with Crippen LogP contribution in [0, 0.1) is 0 Å². The fourth-order valence-corrected chi connectivity index (χ4v) is 0.828. The number of aromatic hydroxyl groups is 1. The van der Waals surface area contributed by atoms with E-state index in [1.165, 1.54) is 18.2 Å². The summed E-state index contributed by atoms with van der Waals surface area (Å²) in [6, 6.07) is 3.78. The molecule has 5 heteroatoms. The average molecular weight is 166 g/mol. The molecule has 3 N–H and O–H groups in total. The van der Waals surface area contributed by atoms with Gasteiger partial charge in [0.2, 0.25) is 0 Å². The molecule has 0 aliphatic carbocycles. The quantitative estimate of drug-likeness (QED) is 0.384. The molecule has 62 valence electrons. The van der Waals surface area contributed by atoms with Crippen molar-refractivity contribution < 1.29 is 19.9 Å². The molecule has 0 atom stereocenters. The summed E-state index contributed by atoms with van der Waals surface area (Å²) in [7, 11) is -1.62. The Morgan fingerprint density at radius 1 is 1.33 bits per heavy atom. The minimum absolute atomic E-state index is 0.0422. The van der Waals surface area contributed by atoms with Crippen LogP contribution in [-0.4, -0.2) is 28.6 Å². The molecule has 0 fully saturated rings. The van der Waals surface area contributed by atoms with Gasteiger partial charge in [-0.3, -0.25) is 4.79 Å². The molecule has 0 aliphatic heterocycles. The van der Waals surface area contributed by atoms with Gasteiger partial charge in [0.25, 0.3) is 0 Å². The molecule has 4 nitrogen and oxygen atoms in total. The zero-order valence-electron chi connectivity index (χ0n) is 6.14. The number of carbonyl (C=O) groups is 1. The lowest BCUT2D eigenvalue weighted by molar-refractivity contribution is 0.112. The van der Waals surface area contributed by atoms with Crippen LogP contribution in [0.25, 0.3) is 0 Å². The number of carbonyl (C=O) groups excluding carboxylic acids is 1. The van der Waals surface area contributed by atoms with E-state index in [4.69, 9.17) is 15.2 Å². The number of aldehydes is 1. The van der Waals surface area contributed by atoms with Crippen molar-refractivity contribution in [2.75, 3.05) is 0 Å². The zero-order valence-corrected chi connectivity index (χ0v) is 6.14. The van der Waals surface area contributed by atoms with Crippen molar-refractivity contribution in [3.8, 4) is 5.75 Å². The second-order valence-electron chi connectivity index (χ2n) is 2.31. The highest BCUT2D eigenvalue weighted by Gasteiger charge is 2.12. The SMILES string of the molecule is O=Cc1cc(B(O)O)ccc1O. The molecule has 12 heavy (non-hydrogen) atoms. The maximum absolute atomic E-state index is 10.3. The van der Waals surface area contributed by atoms with E-state index in [9.17, 15) is 4.79 Å². The predicted molar refractivity (Wildman–Crippen MR) is 43.3 cm³/mol. The topological polar surface area (TPSA) is 77.8 Å². The Labute approximate surface area is 69.2 Å². The summed E-state index contributed by atoms with van der Waals surface area (Å²) in [4.78, 5) is 10.3. The summed E-state index contributed by atoms with van der Waals surface area (Å²) < 4.78 is 0. The second kappa shape index (κ2) is 3.38. The molecule has 1 rings (SSSR count). The van der Waals surface area contributed by atoms with Crippen LogP contribution in [0.15, 0.2) is 18.2 Å². The molecule has 0 amide bonds. The molecule has 0 bridgehead atoms. The summed E-state index contributed by atoms with van der Waals surface area (Å²) in [5.41, 5.74) is 0.218. The molecule has 0 aromatic heterocycles. The lowest BCUT2D eigenvalue weighted by Gasteiger charge is -2.01. The van der Waals surface area contributed by atoms with E-state index < -0.39 is 7.12 Å². The minimum Gasteiger partial charge on any atom is -0.507 e. The zero-order chi connectivity index (χ0) is 9.14. The number of phenols is 1. The summed E-state index contributed by atoms with van der Waals surface area (Å²) in [6.45, 7) is 0. The van der Waals surface area contributed by atoms with Crippen LogP contribution in [-0.2, 0) is 0 Å². The Kier molecular flexibility index (Phi) is 2.47. The van der Waals surface area contributed by atoms with Crippen molar-refractivity contribution >= 4 is 18.9 Å². The van der Waals surface area contributed by atoms with Gasteiger partial charge in [0.1, 0.15) is 5.75 Å². The number of phenolic OH excluding ortho intramolecular Hbond substituents is 1. The molecule has 0 aliphatic rings. The number of rotatable bonds is 2. The van der Waals surface area contributed by atoms with Crippen molar-refractivity contribution in [1.29, 1.82) is 0 Å². The third-order valence-corrected chi connectivity index (χ3v) is 1.48. The number of hydrogen-bond donors (Lipinski definition) is 3. The number of benzene rings is 1. The smallest absolute Gasteiger partial charge is 0.488 e. The van der Waals surface area contributed by atoms with Gasteiger partial charge >= 0.3 is 7.12 Å². The standard InChI is InChI=1S/C7H7BO4/c9-4-5-3-6(8(11)12)1-2-7(5)10/h1-4,10-12H. The first-order valence-corrected chi connectivity index (χ1v) is 3.29. The Balaban J connectivity index is 3.13. The van der Waals surface area contributed by atoms with Crippen LogP contribution in [0.4, 0.5) is 0 Å². The van der Waals surface area contributed by atoms with Gasteiger partial charge in [0.05, 0.1) is 5.56 Å². The van der Waals surface area contributed by atoms with Crippen molar-refractivity contribution in [3.05, 3.63) is 23.8 Å². The van der Waals surface area contributed by atoms with E-state index in [1.54, 1.807) is 0 Å². The third kappa shape index (κ3) is 1.64. The van der Waals surface area contributed by atoms with Crippen LogP contribution in [0.1, 0.15) is 10.4 Å². The fourth-order valence-electron chi connectivity index (χ4n) is 0.828. The number of hydrogen-bond acceptors (Lipinski definition) is 4. The fraction of sp³-hybridized carbons (Fsp3) is 0. The lowest BCUT2D eigenvalue weighted by atomic mass is 9.79. The summed E-state index contributed by atoms with van der Waals surface area (Å²) >= 11 is 0. The highest BCUT2D eigenvalue weighted by Crippen LogP contribution is 2.11. The normalized spacial score (nSPS) is 9.50. The van der Waals surface area contributed by atoms with E-state index in [1.807, 2.05) is 0 Å². The molecular weight excluding hydrogens is 159 g/mol. The van der Waals surface area contributed by atoms with Crippen LogP contribution in [0.5, 0.6) is 5.75 Å². The summed E-state index contributed by atoms with van der Waals surface area (Å²) in [5.74, 6) is -0.172. The molecular formula is C7H7BO4. The molecule has 1 aromatic carbocycles. The van der Waals surface area contributed by atoms with Gasteiger partial charge < -0.3 is 15.2 Å². The van der Waals surface area contributed by atoms with Crippen molar-refractivity contribution in [2.24, 2.45) is 0 Å². The van der Waals surface area contributed by atoms with E-state index in [2.05, 4.69) is 0 Å². The van der Waals surface area contributed by atoms with Crippen molar-refractivity contribution in [3.63, 3.8) is 0 Å². The van der Waals surface area contributed by atoms with E-state index >= 15 is 0 Å². The Morgan fingerprint density at radius 2 is 2.00 bits per heavy atom. The molecule has 0 spiro atoms. The van der Waals surface area contributed by atoms with E-state index in [0.29, 0.717) is 6.29 Å². The average Bonchev–Trinajstić information content (AvgIpc) is 2.05. The van der Waals surface area contributed by atoms with E-state index in [0.717, 1.165) is 0 Å². The molecule has 0 unspecified atom stereocenters. The first-order valence-electron chi connectivity index (χ1n) is 3.29. The van der Waals surface area contributed by atoms with Gasteiger partial charge in [0, 0.05) is 0 Å². The first-order chi connectivity index (χ1) is 5.65. The predicted octanol–water partition coefficient (Wildman–Crippen LogP) is -1.12.